The van der Waals surface area contributed by atoms with Crippen molar-refractivity contribution in [3.8, 4) is 0 Å². The molecule has 0 aliphatic rings. The van der Waals surface area contributed by atoms with Gasteiger partial charge in [-0.2, -0.15) is 0 Å². The first-order valence-corrected chi connectivity index (χ1v) is 4.81. The maximum atomic E-state index is 10.2. The quantitative estimate of drug-likeness (QED) is 0.814. The molecule has 0 fully saturated rings. The van der Waals surface area contributed by atoms with Crippen LogP contribution in [0.3, 0.4) is 0 Å². The van der Waals surface area contributed by atoms with E-state index in [0.717, 1.165) is 16.1 Å². The Morgan fingerprint density at radius 3 is 2.50 bits per heavy atom. The predicted octanol–water partition coefficient (Wildman–Crippen LogP) is 2.09. The van der Waals surface area contributed by atoms with E-state index in [0.29, 0.717) is 0 Å². The van der Waals surface area contributed by atoms with Gasteiger partial charge in [0.15, 0.2) is 0 Å². The van der Waals surface area contributed by atoms with E-state index in [9.17, 15) is 4.79 Å². The summed E-state index contributed by atoms with van der Waals surface area (Å²) in [5.41, 5.74) is 6.61. The van der Waals surface area contributed by atoms with Gasteiger partial charge >= 0.3 is 5.97 Å². The van der Waals surface area contributed by atoms with E-state index in [4.69, 9.17) is 10.8 Å². The zero-order chi connectivity index (χ0) is 10.6. The Bertz CT molecular complexity index is 346. The van der Waals surface area contributed by atoms with E-state index >= 15 is 0 Å². The van der Waals surface area contributed by atoms with Crippen molar-refractivity contribution in [1.29, 1.82) is 0 Å². The van der Waals surface area contributed by atoms with Crippen molar-refractivity contribution in [2.45, 2.75) is 6.04 Å². The van der Waals surface area contributed by atoms with E-state index in [2.05, 4.69) is 15.9 Å². The number of halogens is 1. The second-order valence-electron chi connectivity index (χ2n) is 2.77. The molecule has 0 bridgehead atoms. The summed E-state index contributed by atoms with van der Waals surface area (Å²) in [5, 5.41) is 8.40. The van der Waals surface area contributed by atoms with Crippen molar-refractivity contribution in [2.24, 2.45) is 5.73 Å². The number of carboxylic acid groups (broad SMARTS) is 1. The van der Waals surface area contributed by atoms with Gasteiger partial charge in [-0.05, 0) is 17.7 Å². The van der Waals surface area contributed by atoms with Crippen molar-refractivity contribution in [3.05, 3.63) is 46.5 Å². The Balaban J connectivity index is 2.74. The van der Waals surface area contributed by atoms with Gasteiger partial charge in [-0.25, -0.2) is 4.79 Å². The minimum Gasteiger partial charge on any atom is -0.478 e. The van der Waals surface area contributed by atoms with Gasteiger partial charge in [0.2, 0.25) is 0 Å². The Kier molecular flexibility index (Phi) is 3.85. The molecule has 3 N–H and O–H groups in total. The molecule has 4 heteroatoms. The van der Waals surface area contributed by atoms with E-state index in [1.165, 1.54) is 6.08 Å². The molecule has 0 spiro atoms. The minimum atomic E-state index is -0.988. The van der Waals surface area contributed by atoms with Gasteiger partial charge in [0, 0.05) is 16.6 Å². The number of aliphatic carboxylic acids is 1. The van der Waals surface area contributed by atoms with Crippen LogP contribution in [-0.2, 0) is 4.79 Å². The van der Waals surface area contributed by atoms with Gasteiger partial charge in [0.25, 0.3) is 0 Å². The third kappa shape index (κ3) is 3.32. The number of hydrogen-bond donors (Lipinski definition) is 2. The van der Waals surface area contributed by atoms with Crippen molar-refractivity contribution in [3.63, 3.8) is 0 Å². The topological polar surface area (TPSA) is 63.3 Å². The molecule has 0 aromatic heterocycles. The summed E-state index contributed by atoms with van der Waals surface area (Å²) in [7, 11) is 0. The maximum absolute atomic E-state index is 10.2. The third-order valence-electron chi connectivity index (χ3n) is 1.70. The SMILES string of the molecule is NC(/C=C/C(=O)O)c1ccc(Br)cc1. The largest absolute Gasteiger partial charge is 0.478 e. The third-order valence-corrected chi connectivity index (χ3v) is 2.23. The molecular weight excluding hydrogens is 246 g/mol. The molecule has 0 amide bonds. The number of carboxylic acids is 1. The summed E-state index contributed by atoms with van der Waals surface area (Å²) in [6.45, 7) is 0. The van der Waals surface area contributed by atoms with Crippen LogP contribution in [0.4, 0.5) is 0 Å². The molecule has 0 aliphatic carbocycles. The molecule has 0 aliphatic heterocycles. The number of rotatable bonds is 3. The summed E-state index contributed by atoms with van der Waals surface area (Å²) in [6.07, 6.45) is 2.50. The number of nitrogens with two attached hydrogens (primary N) is 1. The van der Waals surface area contributed by atoms with Gasteiger partial charge in [-0.3, -0.25) is 0 Å². The molecule has 1 unspecified atom stereocenters. The smallest absolute Gasteiger partial charge is 0.328 e. The van der Waals surface area contributed by atoms with Gasteiger partial charge in [-0.15, -0.1) is 0 Å². The molecule has 0 radical (unpaired) electrons. The molecule has 0 saturated heterocycles. The van der Waals surface area contributed by atoms with Crippen LogP contribution in [0.15, 0.2) is 40.9 Å². The summed E-state index contributed by atoms with van der Waals surface area (Å²) in [4.78, 5) is 10.2. The molecule has 0 saturated carbocycles. The molecule has 1 aromatic carbocycles. The zero-order valence-corrected chi connectivity index (χ0v) is 8.94. The van der Waals surface area contributed by atoms with Gasteiger partial charge in [0.05, 0.1) is 0 Å². The lowest BCUT2D eigenvalue weighted by Crippen LogP contribution is -2.07. The zero-order valence-electron chi connectivity index (χ0n) is 7.35. The molecule has 1 atom stereocenters. The van der Waals surface area contributed by atoms with E-state index in [-0.39, 0.29) is 6.04 Å². The highest BCUT2D eigenvalue weighted by atomic mass is 79.9. The Morgan fingerprint density at radius 2 is 2.00 bits per heavy atom. The fraction of sp³-hybridized carbons (Fsp3) is 0.100. The number of carbonyl (C=O) groups is 1. The lowest BCUT2D eigenvalue weighted by Gasteiger charge is -2.05. The van der Waals surface area contributed by atoms with Crippen LogP contribution in [-0.4, -0.2) is 11.1 Å². The van der Waals surface area contributed by atoms with Crippen LogP contribution in [0, 0.1) is 0 Å². The first-order valence-electron chi connectivity index (χ1n) is 4.02. The Hall–Kier alpha value is -1.13. The minimum absolute atomic E-state index is 0.376. The fourth-order valence-corrected chi connectivity index (χ4v) is 1.25. The first-order chi connectivity index (χ1) is 6.59. The normalized spacial score (nSPS) is 13.0. The van der Waals surface area contributed by atoms with Crippen LogP contribution < -0.4 is 5.73 Å². The predicted molar refractivity (Wildman–Crippen MR) is 57.8 cm³/mol. The summed E-state index contributed by atoms with van der Waals surface area (Å²) < 4.78 is 0.968. The Morgan fingerprint density at radius 1 is 1.43 bits per heavy atom. The number of benzene rings is 1. The highest BCUT2D eigenvalue weighted by Crippen LogP contribution is 2.15. The van der Waals surface area contributed by atoms with Crippen LogP contribution in [0.5, 0.6) is 0 Å². The summed E-state index contributed by atoms with van der Waals surface area (Å²) in [5.74, 6) is -0.988. The molecule has 1 rings (SSSR count). The van der Waals surface area contributed by atoms with Crippen molar-refractivity contribution in [1.82, 2.24) is 0 Å². The second kappa shape index (κ2) is 4.93. The fourth-order valence-electron chi connectivity index (χ4n) is 0.982. The Labute approximate surface area is 90.4 Å². The van der Waals surface area contributed by atoms with Gasteiger partial charge in [0.1, 0.15) is 0 Å². The molecule has 3 nitrogen and oxygen atoms in total. The van der Waals surface area contributed by atoms with Crippen LogP contribution >= 0.6 is 15.9 Å². The molecule has 74 valence electrons. The summed E-state index contributed by atoms with van der Waals surface area (Å²) in [6, 6.07) is 7.05. The van der Waals surface area contributed by atoms with Crippen molar-refractivity contribution < 1.29 is 9.90 Å². The number of hydrogen-bond acceptors (Lipinski definition) is 2. The molecular formula is C10H10BrNO2. The average Bonchev–Trinajstić information content (AvgIpc) is 2.15. The first kappa shape index (κ1) is 10.9. The van der Waals surface area contributed by atoms with Crippen LogP contribution in [0.2, 0.25) is 0 Å². The second-order valence-corrected chi connectivity index (χ2v) is 3.69. The molecule has 1 aromatic rings. The van der Waals surface area contributed by atoms with Gasteiger partial charge < -0.3 is 10.8 Å². The monoisotopic (exact) mass is 255 g/mol. The van der Waals surface area contributed by atoms with Crippen LogP contribution in [0.25, 0.3) is 0 Å². The van der Waals surface area contributed by atoms with Crippen LogP contribution in [0.1, 0.15) is 11.6 Å². The van der Waals surface area contributed by atoms with E-state index < -0.39 is 5.97 Å². The molecule has 0 heterocycles. The standard InChI is InChI=1S/C10H10BrNO2/c11-8-3-1-7(2-4-8)9(12)5-6-10(13)14/h1-6,9H,12H2,(H,13,14)/b6-5+. The van der Waals surface area contributed by atoms with E-state index in [1.807, 2.05) is 24.3 Å². The maximum Gasteiger partial charge on any atom is 0.328 e. The van der Waals surface area contributed by atoms with E-state index in [1.54, 1.807) is 0 Å². The van der Waals surface area contributed by atoms with Gasteiger partial charge in [-0.1, -0.05) is 34.1 Å². The van der Waals surface area contributed by atoms with Crippen molar-refractivity contribution in [2.75, 3.05) is 0 Å². The lowest BCUT2D eigenvalue weighted by atomic mass is 10.1. The average molecular weight is 256 g/mol. The highest BCUT2D eigenvalue weighted by Gasteiger charge is 2.01. The molecule has 14 heavy (non-hydrogen) atoms. The summed E-state index contributed by atoms with van der Waals surface area (Å²) >= 11 is 3.30. The highest BCUT2D eigenvalue weighted by molar-refractivity contribution is 9.10. The van der Waals surface area contributed by atoms with Crippen molar-refractivity contribution >= 4 is 21.9 Å². The lowest BCUT2D eigenvalue weighted by molar-refractivity contribution is -0.131.